The van der Waals surface area contributed by atoms with Gasteiger partial charge >= 0.3 is 0 Å². The second-order valence-electron chi connectivity index (χ2n) is 3.70. The Morgan fingerprint density at radius 1 is 1.53 bits per heavy atom. The Bertz CT molecular complexity index is 243. The second-order valence-corrected chi connectivity index (χ2v) is 3.70. The minimum atomic E-state index is -0.428. The largest absolute Gasteiger partial charge is 0.372 e. The van der Waals surface area contributed by atoms with Crippen molar-refractivity contribution in [2.24, 2.45) is 5.73 Å². The van der Waals surface area contributed by atoms with E-state index in [1.807, 2.05) is 6.92 Å². The average molecular weight is 214 g/mol. The molecule has 2 amide bonds. The molecule has 5 heteroatoms. The number of likely N-dealkylation sites (tertiary alicyclic amines) is 1. The van der Waals surface area contributed by atoms with Crippen molar-refractivity contribution >= 4 is 11.8 Å². The summed E-state index contributed by atoms with van der Waals surface area (Å²) in [4.78, 5) is 24.2. The highest BCUT2D eigenvalue weighted by Gasteiger charge is 2.32. The van der Waals surface area contributed by atoms with Crippen LogP contribution in [0.1, 0.15) is 26.2 Å². The molecule has 1 aliphatic heterocycles. The number of hydrogen-bond acceptors (Lipinski definition) is 3. The van der Waals surface area contributed by atoms with E-state index >= 15 is 0 Å². The predicted molar refractivity (Wildman–Crippen MR) is 55.0 cm³/mol. The van der Waals surface area contributed by atoms with Gasteiger partial charge in [0.2, 0.25) is 11.8 Å². The normalized spacial score (nSPS) is 20.6. The first kappa shape index (κ1) is 12.0. The van der Waals surface area contributed by atoms with Crippen LogP contribution in [0.4, 0.5) is 0 Å². The molecule has 15 heavy (non-hydrogen) atoms. The highest BCUT2D eigenvalue weighted by Crippen LogP contribution is 2.16. The number of hydrogen-bond donors (Lipinski definition) is 1. The maximum Gasteiger partial charge on any atom is 0.249 e. The summed E-state index contributed by atoms with van der Waals surface area (Å²) < 4.78 is 5.14. The molecule has 1 rings (SSSR count). The van der Waals surface area contributed by atoms with Gasteiger partial charge in [-0.3, -0.25) is 9.59 Å². The zero-order valence-electron chi connectivity index (χ0n) is 9.07. The highest BCUT2D eigenvalue weighted by molar-refractivity contribution is 5.87. The quantitative estimate of drug-likeness (QED) is 0.649. The third kappa shape index (κ3) is 3.20. The maximum absolute atomic E-state index is 11.6. The fraction of sp³-hybridized carbons (Fsp3) is 0.800. The summed E-state index contributed by atoms with van der Waals surface area (Å²) in [5.74, 6) is -0.555. The Kier molecular flexibility index (Phi) is 4.55. The molecule has 0 bridgehead atoms. The molecule has 1 aliphatic rings. The van der Waals surface area contributed by atoms with E-state index in [-0.39, 0.29) is 12.5 Å². The van der Waals surface area contributed by atoms with E-state index in [0.29, 0.717) is 19.6 Å². The topological polar surface area (TPSA) is 72.6 Å². The summed E-state index contributed by atoms with van der Waals surface area (Å²) in [6.45, 7) is 3.22. The predicted octanol–water partition coefficient (Wildman–Crippen LogP) is -0.111. The van der Waals surface area contributed by atoms with Crippen molar-refractivity contribution < 1.29 is 14.3 Å². The molecule has 1 heterocycles. The molecule has 0 aromatic heterocycles. The van der Waals surface area contributed by atoms with E-state index in [2.05, 4.69) is 0 Å². The molecule has 2 N–H and O–H groups in total. The van der Waals surface area contributed by atoms with Gasteiger partial charge in [0.1, 0.15) is 12.6 Å². The van der Waals surface area contributed by atoms with Gasteiger partial charge in [0.05, 0.1) is 0 Å². The molecule has 1 fully saturated rings. The van der Waals surface area contributed by atoms with Crippen molar-refractivity contribution in [2.75, 3.05) is 19.8 Å². The Morgan fingerprint density at radius 2 is 2.27 bits per heavy atom. The lowest BCUT2D eigenvalue weighted by Gasteiger charge is -2.21. The van der Waals surface area contributed by atoms with Crippen LogP contribution in [0.3, 0.4) is 0 Å². The van der Waals surface area contributed by atoms with Crippen LogP contribution < -0.4 is 5.73 Å². The smallest absolute Gasteiger partial charge is 0.249 e. The van der Waals surface area contributed by atoms with Gasteiger partial charge in [-0.05, 0) is 19.3 Å². The molecule has 0 radical (unpaired) electrons. The van der Waals surface area contributed by atoms with Gasteiger partial charge in [0.15, 0.2) is 0 Å². The van der Waals surface area contributed by atoms with Gasteiger partial charge in [-0.2, -0.15) is 0 Å². The van der Waals surface area contributed by atoms with Crippen molar-refractivity contribution in [1.29, 1.82) is 0 Å². The monoisotopic (exact) mass is 214 g/mol. The number of primary amides is 1. The molecule has 1 saturated heterocycles. The Morgan fingerprint density at radius 3 is 2.87 bits per heavy atom. The van der Waals surface area contributed by atoms with Gasteiger partial charge in [-0.25, -0.2) is 0 Å². The van der Waals surface area contributed by atoms with Gasteiger partial charge in [0, 0.05) is 13.2 Å². The van der Waals surface area contributed by atoms with Crippen LogP contribution >= 0.6 is 0 Å². The average Bonchev–Trinajstić information content (AvgIpc) is 2.66. The van der Waals surface area contributed by atoms with Crippen LogP contribution in [-0.2, 0) is 14.3 Å². The fourth-order valence-corrected chi connectivity index (χ4v) is 1.75. The Hall–Kier alpha value is -1.10. The van der Waals surface area contributed by atoms with Gasteiger partial charge in [0.25, 0.3) is 0 Å². The van der Waals surface area contributed by atoms with Crippen LogP contribution in [0.25, 0.3) is 0 Å². The number of rotatable bonds is 5. The lowest BCUT2D eigenvalue weighted by Crippen LogP contribution is -2.45. The first-order valence-electron chi connectivity index (χ1n) is 5.33. The molecular weight excluding hydrogens is 196 g/mol. The number of carbonyl (C=O) groups is 2. The molecular formula is C10H18N2O3. The molecule has 0 aliphatic carbocycles. The summed E-state index contributed by atoms with van der Waals surface area (Å²) in [6.07, 6.45) is 2.40. The van der Waals surface area contributed by atoms with E-state index in [4.69, 9.17) is 10.5 Å². The zero-order valence-corrected chi connectivity index (χ0v) is 9.07. The van der Waals surface area contributed by atoms with Crippen molar-refractivity contribution in [3.8, 4) is 0 Å². The summed E-state index contributed by atoms with van der Waals surface area (Å²) in [5, 5.41) is 0. The highest BCUT2D eigenvalue weighted by atomic mass is 16.5. The Balaban J connectivity index is 2.40. The molecule has 1 atom stereocenters. The molecule has 0 aromatic carbocycles. The molecule has 0 spiro atoms. The van der Waals surface area contributed by atoms with E-state index in [1.54, 1.807) is 0 Å². The molecule has 1 unspecified atom stereocenters. The van der Waals surface area contributed by atoms with Crippen LogP contribution in [0.2, 0.25) is 0 Å². The minimum absolute atomic E-state index is 0.0532. The van der Waals surface area contributed by atoms with E-state index in [9.17, 15) is 9.59 Å². The lowest BCUT2D eigenvalue weighted by atomic mass is 10.2. The van der Waals surface area contributed by atoms with Crippen molar-refractivity contribution in [1.82, 2.24) is 4.90 Å². The lowest BCUT2D eigenvalue weighted by molar-refractivity contribution is -0.141. The van der Waals surface area contributed by atoms with Crippen molar-refractivity contribution in [2.45, 2.75) is 32.2 Å². The molecule has 5 nitrogen and oxygen atoms in total. The molecule has 86 valence electrons. The molecule has 0 saturated carbocycles. The van der Waals surface area contributed by atoms with E-state index in [0.717, 1.165) is 12.8 Å². The van der Waals surface area contributed by atoms with Crippen LogP contribution in [0, 0.1) is 0 Å². The van der Waals surface area contributed by atoms with Crippen molar-refractivity contribution in [3.05, 3.63) is 0 Å². The zero-order chi connectivity index (χ0) is 11.3. The SMILES string of the molecule is CCCOCC(=O)N1CCCC1C(N)=O. The summed E-state index contributed by atoms with van der Waals surface area (Å²) >= 11 is 0. The number of carbonyl (C=O) groups excluding carboxylic acids is 2. The maximum atomic E-state index is 11.6. The third-order valence-electron chi connectivity index (χ3n) is 2.48. The summed E-state index contributed by atoms with van der Waals surface area (Å²) in [6, 6.07) is -0.428. The van der Waals surface area contributed by atoms with Gasteiger partial charge in [-0.15, -0.1) is 0 Å². The van der Waals surface area contributed by atoms with Gasteiger partial charge < -0.3 is 15.4 Å². The minimum Gasteiger partial charge on any atom is -0.372 e. The third-order valence-corrected chi connectivity index (χ3v) is 2.48. The second kappa shape index (κ2) is 5.70. The fourth-order valence-electron chi connectivity index (χ4n) is 1.75. The van der Waals surface area contributed by atoms with Crippen molar-refractivity contribution in [3.63, 3.8) is 0 Å². The summed E-state index contributed by atoms with van der Waals surface area (Å²) in [5.41, 5.74) is 5.21. The van der Waals surface area contributed by atoms with E-state index in [1.165, 1.54) is 4.90 Å². The molecule has 0 aromatic rings. The van der Waals surface area contributed by atoms with Crippen LogP contribution in [-0.4, -0.2) is 42.5 Å². The Labute approximate surface area is 89.6 Å². The first-order valence-corrected chi connectivity index (χ1v) is 5.33. The standard InChI is InChI=1S/C10H18N2O3/c1-2-6-15-7-9(13)12-5-3-4-8(12)10(11)14/h8H,2-7H2,1H3,(H2,11,14). The number of nitrogens with zero attached hydrogens (tertiary/aromatic N) is 1. The van der Waals surface area contributed by atoms with E-state index < -0.39 is 11.9 Å². The van der Waals surface area contributed by atoms with Crippen LogP contribution in [0.15, 0.2) is 0 Å². The number of ether oxygens (including phenoxy) is 1. The first-order chi connectivity index (χ1) is 7.16. The number of nitrogens with two attached hydrogens (primary N) is 1. The van der Waals surface area contributed by atoms with Gasteiger partial charge in [-0.1, -0.05) is 6.92 Å². The van der Waals surface area contributed by atoms with Crippen LogP contribution in [0.5, 0.6) is 0 Å². The number of amides is 2. The summed E-state index contributed by atoms with van der Waals surface area (Å²) in [7, 11) is 0.